The van der Waals surface area contributed by atoms with Crippen LogP contribution in [0.4, 0.5) is 20.4 Å². The van der Waals surface area contributed by atoms with E-state index in [1.54, 1.807) is 6.33 Å². The number of nitrogens with one attached hydrogen (secondary N) is 2. The van der Waals surface area contributed by atoms with Crippen LogP contribution in [-0.2, 0) is 9.59 Å². The standard InChI is InChI=1S/C23H26F2N6O2/c24-17-6-14(7-18(25)20(17)16-2-3-19(32)28-21(16)33)30-10-13(11-30)27-22-26-12-31(29-22)15-8-23(9-15)4-1-5-23/h6-7,12-13,15-16H,1-5,8-11H2,(H,27,29)(H,28,32,33). The van der Waals surface area contributed by atoms with E-state index in [0.717, 1.165) is 0 Å². The van der Waals surface area contributed by atoms with Crippen molar-refractivity contribution < 1.29 is 18.4 Å². The van der Waals surface area contributed by atoms with Gasteiger partial charge in [-0.15, -0.1) is 5.10 Å². The van der Waals surface area contributed by atoms with Gasteiger partial charge in [-0.3, -0.25) is 14.9 Å². The number of carbonyl (C=O) groups excluding carboxylic acids is 2. The third-order valence-electron chi connectivity index (χ3n) is 7.87. The van der Waals surface area contributed by atoms with Crippen molar-refractivity contribution in [1.82, 2.24) is 20.1 Å². The fourth-order valence-corrected chi connectivity index (χ4v) is 5.75. The van der Waals surface area contributed by atoms with Gasteiger partial charge in [0.05, 0.1) is 18.0 Å². The lowest BCUT2D eigenvalue weighted by atomic mass is 9.54. The van der Waals surface area contributed by atoms with Gasteiger partial charge in [-0.05, 0) is 49.7 Å². The topological polar surface area (TPSA) is 92.2 Å². The molecule has 2 aliphatic carbocycles. The molecule has 2 saturated carbocycles. The Bertz CT molecular complexity index is 1090. The number of rotatable bonds is 5. The zero-order chi connectivity index (χ0) is 22.7. The van der Waals surface area contributed by atoms with Crippen molar-refractivity contribution in [3.8, 4) is 0 Å². The maximum absolute atomic E-state index is 14.8. The van der Waals surface area contributed by atoms with Gasteiger partial charge in [-0.25, -0.2) is 18.4 Å². The minimum atomic E-state index is -0.987. The van der Waals surface area contributed by atoms with Crippen LogP contribution in [0, 0.1) is 17.0 Å². The molecule has 2 amide bonds. The summed E-state index contributed by atoms with van der Waals surface area (Å²) in [5, 5.41) is 10.0. The first-order chi connectivity index (χ1) is 15.9. The summed E-state index contributed by atoms with van der Waals surface area (Å²) < 4.78 is 31.5. The van der Waals surface area contributed by atoms with Crippen LogP contribution < -0.4 is 15.5 Å². The number of halogens is 2. The SMILES string of the molecule is O=C1CCC(c2c(F)cc(N3CC(Nc4ncn(C5CC6(CCC6)C5)n4)C3)cc2F)C(=O)N1. The normalized spacial score (nSPS) is 24.8. The Hall–Kier alpha value is -3.04. The minimum absolute atomic E-state index is 0.0714. The quantitative estimate of drug-likeness (QED) is 0.673. The highest BCUT2D eigenvalue weighted by Crippen LogP contribution is 2.60. The number of nitrogens with zero attached hydrogens (tertiary/aromatic N) is 4. The van der Waals surface area contributed by atoms with Crippen LogP contribution in [0.25, 0.3) is 0 Å². The third kappa shape index (κ3) is 3.55. The average Bonchev–Trinajstić information content (AvgIpc) is 3.11. The first-order valence-corrected chi connectivity index (χ1v) is 11.6. The van der Waals surface area contributed by atoms with Gasteiger partial charge in [0.1, 0.15) is 18.0 Å². The maximum atomic E-state index is 14.8. The lowest BCUT2D eigenvalue weighted by Gasteiger charge is -2.53. The molecule has 1 atom stereocenters. The Kier molecular flexibility index (Phi) is 4.67. The largest absolute Gasteiger partial charge is 0.367 e. The summed E-state index contributed by atoms with van der Waals surface area (Å²) in [6.45, 7) is 1.13. The predicted octanol–water partition coefficient (Wildman–Crippen LogP) is 2.88. The number of benzene rings is 1. The van der Waals surface area contributed by atoms with Crippen LogP contribution in [0.1, 0.15) is 62.5 Å². The summed E-state index contributed by atoms with van der Waals surface area (Å²) in [6, 6.07) is 3.05. The number of carbonyl (C=O) groups is 2. The number of hydrogen-bond acceptors (Lipinski definition) is 6. The number of hydrogen-bond donors (Lipinski definition) is 2. The number of piperidine rings is 1. The Morgan fingerprint density at radius 1 is 1.12 bits per heavy atom. The number of imide groups is 1. The van der Waals surface area contributed by atoms with E-state index in [-0.39, 0.29) is 24.4 Å². The van der Waals surface area contributed by atoms with E-state index in [0.29, 0.717) is 36.2 Å². The summed E-state index contributed by atoms with van der Waals surface area (Å²) in [5.41, 5.74) is 0.739. The van der Waals surface area contributed by atoms with Crippen molar-refractivity contribution in [3.63, 3.8) is 0 Å². The van der Waals surface area contributed by atoms with Gasteiger partial charge >= 0.3 is 0 Å². The molecule has 0 bridgehead atoms. The Morgan fingerprint density at radius 3 is 2.48 bits per heavy atom. The van der Waals surface area contributed by atoms with Crippen molar-refractivity contribution in [2.45, 2.75) is 62.9 Å². The Labute approximate surface area is 189 Å². The van der Waals surface area contributed by atoms with E-state index in [9.17, 15) is 18.4 Å². The first kappa shape index (κ1) is 20.6. The summed E-state index contributed by atoms with van der Waals surface area (Å²) in [7, 11) is 0. The zero-order valence-electron chi connectivity index (χ0n) is 18.2. The molecule has 10 heteroatoms. The maximum Gasteiger partial charge on any atom is 0.242 e. The van der Waals surface area contributed by atoms with Crippen LogP contribution >= 0.6 is 0 Å². The molecule has 6 rings (SSSR count). The van der Waals surface area contributed by atoms with Crippen molar-refractivity contribution in [2.24, 2.45) is 5.41 Å². The molecule has 1 aromatic heterocycles. The van der Waals surface area contributed by atoms with Gasteiger partial charge in [0.15, 0.2) is 0 Å². The van der Waals surface area contributed by atoms with Crippen LogP contribution in [0.5, 0.6) is 0 Å². The fraction of sp³-hybridized carbons (Fsp3) is 0.565. The van der Waals surface area contributed by atoms with Crippen LogP contribution in [0.2, 0.25) is 0 Å². The molecule has 174 valence electrons. The van der Waals surface area contributed by atoms with Crippen LogP contribution in [-0.4, -0.2) is 45.7 Å². The highest BCUT2D eigenvalue weighted by Gasteiger charge is 2.49. The van der Waals surface area contributed by atoms with Crippen LogP contribution in [0.3, 0.4) is 0 Å². The molecule has 0 radical (unpaired) electrons. The molecule has 4 aliphatic rings. The number of anilines is 2. The second-order valence-corrected chi connectivity index (χ2v) is 10.0. The second kappa shape index (κ2) is 7.50. The van der Waals surface area contributed by atoms with Crippen molar-refractivity contribution in [2.75, 3.05) is 23.3 Å². The summed E-state index contributed by atoms with van der Waals surface area (Å²) in [6.07, 6.45) is 8.39. The molecular formula is C23H26F2N6O2. The number of amides is 2. The molecule has 1 spiro atoms. The summed E-state index contributed by atoms with van der Waals surface area (Å²) in [5.74, 6) is -3.00. The fourth-order valence-electron chi connectivity index (χ4n) is 5.75. The molecule has 1 unspecified atom stereocenters. The predicted molar refractivity (Wildman–Crippen MR) is 116 cm³/mol. The minimum Gasteiger partial charge on any atom is -0.367 e. The van der Waals surface area contributed by atoms with E-state index in [1.807, 2.05) is 9.58 Å². The monoisotopic (exact) mass is 456 g/mol. The third-order valence-corrected chi connectivity index (χ3v) is 7.87. The smallest absolute Gasteiger partial charge is 0.242 e. The highest BCUT2D eigenvalue weighted by molar-refractivity contribution is 6.01. The lowest BCUT2D eigenvalue weighted by Crippen LogP contribution is -2.55. The van der Waals surface area contributed by atoms with E-state index >= 15 is 0 Å². The van der Waals surface area contributed by atoms with Crippen LogP contribution in [0.15, 0.2) is 18.5 Å². The van der Waals surface area contributed by atoms with Gasteiger partial charge in [-0.1, -0.05) is 6.42 Å². The van der Waals surface area contributed by atoms with E-state index in [4.69, 9.17) is 0 Å². The molecular weight excluding hydrogens is 430 g/mol. The molecule has 1 aromatic carbocycles. The van der Waals surface area contributed by atoms with Crippen molar-refractivity contribution in [1.29, 1.82) is 0 Å². The first-order valence-electron chi connectivity index (χ1n) is 11.6. The lowest BCUT2D eigenvalue weighted by molar-refractivity contribution is -0.134. The molecule has 33 heavy (non-hydrogen) atoms. The van der Waals surface area contributed by atoms with Gasteiger partial charge in [-0.2, -0.15) is 0 Å². The van der Waals surface area contributed by atoms with Gasteiger partial charge in [0, 0.05) is 30.8 Å². The van der Waals surface area contributed by atoms with E-state index in [1.165, 1.54) is 44.2 Å². The molecule has 3 heterocycles. The van der Waals surface area contributed by atoms with E-state index < -0.39 is 29.4 Å². The Morgan fingerprint density at radius 2 is 1.85 bits per heavy atom. The van der Waals surface area contributed by atoms with Crippen molar-refractivity contribution in [3.05, 3.63) is 35.7 Å². The molecule has 2 saturated heterocycles. The van der Waals surface area contributed by atoms with E-state index in [2.05, 4.69) is 20.7 Å². The summed E-state index contributed by atoms with van der Waals surface area (Å²) in [4.78, 5) is 29.6. The van der Waals surface area contributed by atoms with Gasteiger partial charge in [0.2, 0.25) is 17.8 Å². The van der Waals surface area contributed by atoms with Crippen molar-refractivity contribution >= 4 is 23.5 Å². The molecule has 2 aliphatic heterocycles. The highest BCUT2D eigenvalue weighted by atomic mass is 19.1. The average molecular weight is 456 g/mol. The summed E-state index contributed by atoms with van der Waals surface area (Å²) >= 11 is 0. The molecule has 2 N–H and O–H groups in total. The zero-order valence-corrected chi connectivity index (χ0v) is 18.2. The van der Waals surface area contributed by atoms with Gasteiger partial charge in [0.25, 0.3) is 0 Å². The van der Waals surface area contributed by atoms with Gasteiger partial charge < -0.3 is 10.2 Å². The molecule has 2 aromatic rings. The second-order valence-electron chi connectivity index (χ2n) is 10.0. The Balaban J connectivity index is 1.06. The molecule has 4 fully saturated rings. The molecule has 8 nitrogen and oxygen atoms in total. The number of aromatic nitrogens is 3.